The van der Waals surface area contributed by atoms with E-state index in [2.05, 4.69) is 20.4 Å². The van der Waals surface area contributed by atoms with Gasteiger partial charge in [-0.25, -0.2) is 0 Å². The Kier molecular flexibility index (Phi) is 5.22. The van der Waals surface area contributed by atoms with Crippen molar-refractivity contribution in [3.63, 3.8) is 0 Å². The van der Waals surface area contributed by atoms with Gasteiger partial charge in [0.2, 0.25) is 0 Å². The number of hydrogen-bond donors (Lipinski definition) is 1. The van der Waals surface area contributed by atoms with Crippen molar-refractivity contribution in [2.45, 2.75) is 33.6 Å². The van der Waals surface area contributed by atoms with E-state index in [0.29, 0.717) is 18.4 Å². The van der Waals surface area contributed by atoms with Crippen LogP contribution in [0.2, 0.25) is 0 Å². The normalized spacial score (nSPS) is 13.5. The maximum atomic E-state index is 8.98. The Morgan fingerprint density at radius 3 is 2.27 bits per heavy atom. The lowest BCUT2D eigenvalue weighted by Crippen LogP contribution is -2.13. The van der Waals surface area contributed by atoms with Gasteiger partial charge < -0.3 is 5.11 Å². The summed E-state index contributed by atoms with van der Waals surface area (Å²) in [6.07, 6.45) is 2.12. The highest BCUT2D eigenvalue weighted by atomic mass is 16.3. The van der Waals surface area contributed by atoms with Crippen LogP contribution in [0.1, 0.15) is 33.6 Å². The molecule has 0 fully saturated rings. The zero-order valence-corrected chi connectivity index (χ0v) is 7.93. The number of hydrogen-bond acceptors (Lipinski definition) is 1. The molecule has 1 nitrogen and oxygen atoms in total. The second kappa shape index (κ2) is 5.36. The predicted octanol–water partition coefficient (Wildman–Crippen LogP) is 2.61. The Balaban J connectivity index is 3.61. The molecular formula is C10H20O. The van der Waals surface area contributed by atoms with Crippen molar-refractivity contribution >= 4 is 0 Å². The SMILES string of the molecule is C=C(C)CC[C@@H](CO)C(C)C. The van der Waals surface area contributed by atoms with Gasteiger partial charge in [0.05, 0.1) is 0 Å². The summed E-state index contributed by atoms with van der Waals surface area (Å²) < 4.78 is 0. The Bertz CT molecular complexity index is 116. The van der Waals surface area contributed by atoms with E-state index in [1.165, 1.54) is 5.57 Å². The molecule has 0 aliphatic heterocycles. The minimum atomic E-state index is 0.310. The van der Waals surface area contributed by atoms with Gasteiger partial charge in [0.15, 0.2) is 0 Å². The fourth-order valence-corrected chi connectivity index (χ4v) is 1.07. The average Bonchev–Trinajstić information content (AvgIpc) is 1.87. The first-order valence-corrected chi connectivity index (χ1v) is 4.33. The lowest BCUT2D eigenvalue weighted by atomic mass is 9.91. The summed E-state index contributed by atoms with van der Waals surface area (Å²) in [5.41, 5.74) is 1.21. The molecule has 0 heterocycles. The average molecular weight is 156 g/mol. The molecular weight excluding hydrogens is 136 g/mol. The topological polar surface area (TPSA) is 20.2 Å². The van der Waals surface area contributed by atoms with E-state index in [1.807, 2.05) is 6.92 Å². The zero-order valence-electron chi connectivity index (χ0n) is 7.93. The van der Waals surface area contributed by atoms with Gasteiger partial charge in [-0.15, -0.1) is 6.58 Å². The molecule has 0 aromatic heterocycles. The van der Waals surface area contributed by atoms with E-state index >= 15 is 0 Å². The zero-order chi connectivity index (χ0) is 8.85. The molecule has 0 spiro atoms. The van der Waals surface area contributed by atoms with Crippen LogP contribution in [0.3, 0.4) is 0 Å². The summed E-state index contributed by atoms with van der Waals surface area (Å²) in [6.45, 7) is 10.5. The minimum absolute atomic E-state index is 0.310. The Morgan fingerprint density at radius 1 is 1.45 bits per heavy atom. The van der Waals surface area contributed by atoms with E-state index in [1.54, 1.807) is 0 Å². The van der Waals surface area contributed by atoms with Gasteiger partial charge >= 0.3 is 0 Å². The van der Waals surface area contributed by atoms with Gasteiger partial charge in [0.1, 0.15) is 0 Å². The molecule has 0 radical (unpaired) electrons. The van der Waals surface area contributed by atoms with Crippen molar-refractivity contribution in [1.82, 2.24) is 0 Å². The molecule has 0 aliphatic rings. The van der Waals surface area contributed by atoms with Crippen molar-refractivity contribution in [1.29, 1.82) is 0 Å². The summed E-state index contributed by atoms with van der Waals surface area (Å²) in [5, 5.41) is 8.98. The number of aliphatic hydroxyl groups is 1. The van der Waals surface area contributed by atoms with Crippen LogP contribution in [0, 0.1) is 11.8 Å². The lowest BCUT2D eigenvalue weighted by molar-refractivity contribution is 0.181. The summed E-state index contributed by atoms with van der Waals surface area (Å²) in [5.74, 6) is 1.03. The first-order valence-electron chi connectivity index (χ1n) is 4.33. The van der Waals surface area contributed by atoms with Crippen LogP contribution in [0.5, 0.6) is 0 Å². The second-order valence-electron chi connectivity index (χ2n) is 3.68. The highest BCUT2D eigenvalue weighted by Gasteiger charge is 2.10. The van der Waals surface area contributed by atoms with Crippen molar-refractivity contribution in [3.05, 3.63) is 12.2 Å². The first kappa shape index (κ1) is 10.7. The minimum Gasteiger partial charge on any atom is -0.396 e. The Labute approximate surface area is 70.1 Å². The summed E-state index contributed by atoms with van der Waals surface area (Å²) in [4.78, 5) is 0. The third-order valence-corrected chi connectivity index (χ3v) is 2.12. The molecule has 0 rings (SSSR count). The summed E-state index contributed by atoms with van der Waals surface area (Å²) >= 11 is 0. The molecule has 1 atom stereocenters. The predicted molar refractivity (Wildman–Crippen MR) is 49.5 cm³/mol. The molecule has 0 aliphatic carbocycles. The molecule has 0 saturated heterocycles. The quantitative estimate of drug-likeness (QED) is 0.607. The van der Waals surface area contributed by atoms with Crippen molar-refractivity contribution in [3.8, 4) is 0 Å². The van der Waals surface area contributed by atoms with Crippen LogP contribution in [0.15, 0.2) is 12.2 Å². The van der Waals surface area contributed by atoms with Crippen molar-refractivity contribution < 1.29 is 5.11 Å². The first-order chi connectivity index (χ1) is 5.07. The molecule has 0 unspecified atom stereocenters. The fraction of sp³-hybridized carbons (Fsp3) is 0.800. The van der Waals surface area contributed by atoms with Crippen LogP contribution < -0.4 is 0 Å². The molecule has 0 amide bonds. The van der Waals surface area contributed by atoms with Gasteiger partial charge in [-0.3, -0.25) is 0 Å². The molecule has 0 saturated carbocycles. The summed E-state index contributed by atoms with van der Waals surface area (Å²) in [7, 11) is 0. The maximum Gasteiger partial charge on any atom is 0.0461 e. The monoisotopic (exact) mass is 156 g/mol. The lowest BCUT2D eigenvalue weighted by Gasteiger charge is -2.17. The standard InChI is InChI=1S/C10H20O/c1-8(2)5-6-10(7-11)9(3)4/h9-11H,1,5-7H2,2-4H3/t10-/m0/s1. The van der Waals surface area contributed by atoms with Crippen LogP contribution in [0.25, 0.3) is 0 Å². The van der Waals surface area contributed by atoms with Gasteiger partial charge in [-0.2, -0.15) is 0 Å². The molecule has 1 heteroatoms. The maximum absolute atomic E-state index is 8.98. The van der Waals surface area contributed by atoms with Crippen molar-refractivity contribution in [2.24, 2.45) is 11.8 Å². The fourth-order valence-electron chi connectivity index (χ4n) is 1.07. The van der Waals surface area contributed by atoms with Crippen LogP contribution in [-0.2, 0) is 0 Å². The summed E-state index contributed by atoms with van der Waals surface area (Å²) in [6, 6.07) is 0. The molecule has 0 aromatic carbocycles. The van der Waals surface area contributed by atoms with Gasteiger partial charge in [-0.05, 0) is 31.6 Å². The smallest absolute Gasteiger partial charge is 0.0461 e. The van der Waals surface area contributed by atoms with Crippen LogP contribution in [-0.4, -0.2) is 11.7 Å². The molecule has 11 heavy (non-hydrogen) atoms. The number of aliphatic hydroxyl groups excluding tert-OH is 1. The third-order valence-electron chi connectivity index (χ3n) is 2.12. The highest BCUT2D eigenvalue weighted by molar-refractivity contribution is 4.88. The van der Waals surface area contributed by atoms with Crippen LogP contribution in [0.4, 0.5) is 0 Å². The van der Waals surface area contributed by atoms with E-state index in [0.717, 1.165) is 12.8 Å². The largest absolute Gasteiger partial charge is 0.396 e. The number of allylic oxidation sites excluding steroid dienone is 1. The van der Waals surface area contributed by atoms with E-state index in [9.17, 15) is 0 Å². The van der Waals surface area contributed by atoms with E-state index < -0.39 is 0 Å². The molecule has 0 aromatic rings. The molecule has 66 valence electrons. The van der Waals surface area contributed by atoms with Gasteiger partial charge in [-0.1, -0.05) is 19.4 Å². The van der Waals surface area contributed by atoms with Crippen LogP contribution >= 0.6 is 0 Å². The van der Waals surface area contributed by atoms with E-state index in [4.69, 9.17) is 5.11 Å². The highest BCUT2D eigenvalue weighted by Crippen LogP contribution is 2.18. The Morgan fingerprint density at radius 2 is 2.00 bits per heavy atom. The number of rotatable bonds is 5. The third kappa shape index (κ3) is 5.02. The van der Waals surface area contributed by atoms with Gasteiger partial charge in [0.25, 0.3) is 0 Å². The van der Waals surface area contributed by atoms with Crippen molar-refractivity contribution in [2.75, 3.05) is 6.61 Å². The molecule has 1 N–H and O–H groups in total. The van der Waals surface area contributed by atoms with E-state index in [-0.39, 0.29) is 0 Å². The second-order valence-corrected chi connectivity index (χ2v) is 3.68. The van der Waals surface area contributed by atoms with Gasteiger partial charge in [0, 0.05) is 6.61 Å². The Hall–Kier alpha value is -0.300. The molecule has 0 bridgehead atoms.